The van der Waals surface area contributed by atoms with E-state index in [4.69, 9.17) is 9.16 Å². The van der Waals surface area contributed by atoms with Crippen molar-refractivity contribution in [1.82, 2.24) is 0 Å². The van der Waals surface area contributed by atoms with Gasteiger partial charge in [-0.15, -0.1) is 0 Å². The van der Waals surface area contributed by atoms with Crippen molar-refractivity contribution in [2.75, 3.05) is 7.11 Å². The zero-order valence-corrected chi connectivity index (χ0v) is 14.7. The molecule has 0 spiro atoms. The van der Waals surface area contributed by atoms with Crippen LogP contribution in [0.5, 0.6) is 11.5 Å². The summed E-state index contributed by atoms with van der Waals surface area (Å²) in [4.78, 5) is 0. The Morgan fingerprint density at radius 1 is 1.17 bits per heavy atom. The summed E-state index contributed by atoms with van der Waals surface area (Å²) in [7, 11) is -0.142. The largest absolute Gasteiger partial charge is 0.541 e. The van der Waals surface area contributed by atoms with Crippen LogP contribution in [0.3, 0.4) is 0 Å². The van der Waals surface area contributed by atoms with Crippen LogP contribution in [0.25, 0.3) is 0 Å². The summed E-state index contributed by atoms with van der Waals surface area (Å²) in [5.41, 5.74) is 1.20. The molecule has 0 aliphatic heterocycles. The highest BCUT2D eigenvalue weighted by Crippen LogP contribution is 2.40. The lowest BCUT2D eigenvalue weighted by Gasteiger charge is -2.36. The maximum atomic E-state index is 6.32. The first kappa shape index (κ1) is 15.6. The molecule has 4 heteroatoms. The summed E-state index contributed by atoms with van der Waals surface area (Å²) in [5, 5.41) is 1.01. The lowest BCUT2D eigenvalue weighted by Crippen LogP contribution is -2.43. The highest BCUT2D eigenvalue weighted by molar-refractivity contribution is 9.08. The summed E-state index contributed by atoms with van der Waals surface area (Å²) in [6, 6.07) is 6.08. The molecule has 0 fully saturated rings. The first-order valence-corrected chi connectivity index (χ1v) is 10.2. The van der Waals surface area contributed by atoms with E-state index < -0.39 is 8.32 Å². The van der Waals surface area contributed by atoms with Crippen molar-refractivity contribution in [3.05, 3.63) is 23.8 Å². The van der Waals surface area contributed by atoms with Crippen LogP contribution in [-0.4, -0.2) is 15.4 Å². The minimum atomic E-state index is -1.82. The van der Waals surface area contributed by atoms with Crippen molar-refractivity contribution in [1.29, 1.82) is 0 Å². The second-order valence-corrected chi connectivity index (χ2v) is 11.3. The zero-order valence-electron chi connectivity index (χ0n) is 12.1. The molecule has 2 nitrogen and oxygen atoms in total. The second-order valence-electron chi connectivity index (χ2n) is 5.98. The van der Waals surface area contributed by atoms with Crippen LogP contribution in [0.4, 0.5) is 0 Å². The van der Waals surface area contributed by atoms with Crippen molar-refractivity contribution in [2.45, 2.75) is 44.2 Å². The Labute approximate surface area is 120 Å². The Morgan fingerprint density at radius 2 is 1.78 bits per heavy atom. The maximum Gasteiger partial charge on any atom is 0.250 e. The lowest BCUT2D eigenvalue weighted by atomic mass is 10.2. The summed E-state index contributed by atoms with van der Waals surface area (Å²) in [5.74, 6) is 1.67. The molecule has 102 valence electrons. The molecule has 0 saturated carbocycles. The fraction of sp³-hybridized carbons (Fsp3) is 0.571. The van der Waals surface area contributed by atoms with E-state index in [1.807, 2.05) is 12.1 Å². The molecule has 0 heterocycles. The summed E-state index contributed by atoms with van der Waals surface area (Å²) in [6.45, 7) is 11.2. The maximum absolute atomic E-state index is 6.32. The highest BCUT2D eigenvalue weighted by atomic mass is 79.9. The molecule has 0 saturated heterocycles. The Bertz CT molecular complexity index is 411. The Morgan fingerprint density at radius 3 is 2.22 bits per heavy atom. The van der Waals surface area contributed by atoms with E-state index in [2.05, 4.69) is 55.9 Å². The van der Waals surface area contributed by atoms with E-state index in [0.717, 1.165) is 16.8 Å². The third-order valence-electron chi connectivity index (χ3n) is 3.55. The normalized spacial score (nSPS) is 12.4. The summed E-state index contributed by atoms with van der Waals surface area (Å²) < 4.78 is 11.7. The zero-order chi connectivity index (χ0) is 14.0. The number of hydrogen-bond donors (Lipinski definition) is 0. The summed E-state index contributed by atoms with van der Waals surface area (Å²) >= 11 is 3.47. The Hall–Kier alpha value is -0.483. The molecule has 0 amide bonds. The number of hydrogen-bond acceptors (Lipinski definition) is 2. The second kappa shape index (κ2) is 5.66. The SMILES string of the molecule is COc1ccc(CBr)cc1O[Si](C)(C)C(C)(C)C. The molecule has 0 aliphatic rings. The van der Waals surface area contributed by atoms with Gasteiger partial charge in [0, 0.05) is 5.33 Å². The van der Waals surface area contributed by atoms with E-state index in [1.54, 1.807) is 7.11 Å². The van der Waals surface area contributed by atoms with E-state index >= 15 is 0 Å². The van der Waals surface area contributed by atoms with Crippen LogP contribution in [-0.2, 0) is 5.33 Å². The van der Waals surface area contributed by atoms with Crippen LogP contribution in [0.1, 0.15) is 26.3 Å². The standard InChI is InChI=1S/C14H23BrO2Si/c1-14(2,3)18(5,6)17-13-9-11(10-15)7-8-12(13)16-4/h7-9H,10H2,1-6H3. The van der Waals surface area contributed by atoms with Gasteiger partial charge in [0.1, 0.15) is 5.75 Å². The van der Waals surface area contributed by atoms with Crippen molar-refractivity contribution in [3.8, 4) is 11.5 Å². The first-order valence-electron chi connectivity index (χ1n) is 6.13. The van der Waals surface area contributed by atoms with Crippen molar-refractivity contribution >= 4 is 24.2 Å². The quantitative estimate of drug-likeness (QED) is 0.572. The van der Waals surface area contributed by atoms with Gasteiger partial charge in [0.15, 0.2) is 5.75 Å². The fourth-order valence-electron chi connectivity index (χ4n) is 1.31. The molecule has 0 atom stereocenters. The van der Waals surface area contributed by atoms with Gasteiger partial charge in [0.25, 0.3) is 8.32 Å². The highest BCUT2D eigenvalue weighted by Gasteiger charge is 2.39. The molecule has 0 N–H and O–H groups in total. The molecule has 1 rings (SSSR count). The topological polar surface area (TPSA) is 18.5 Å². The van der Waals surface area contributed by atoms with Gasteiger partial charge in [-0.25, -0.2) is 0 Å². The molecule has 1 aromatic rings. The van der Waals surface area contributed by atoms with Crippen molar-refractivity contribution < 1.29 is 9.16 Å². The molecular formula is C14H23BrO2Si. The van der Waals surface area contributed by atoms with Gasteiger partial charge in [0.2, 0.25) is 0 Å². The van der Waals surface area contributed by atoms with Crippen LogP contribution < -0.4 is 9.16 Å². The number of ether oxygens (including phenoxy) is 1. The molecule has 0 bridgehead atoms. The number of halogens is 1. The summed E-state index contributed by atoms with van der Waals surface area (Å²) in [6.07, 6.45) is 0. The van der Waals surface area contributed by atoms with E-state index in [1.165, 1.54) is 5.56 Å². The van der Waals surface area contributed by atoms with Crippen molar-refractivity contribution in [3.63, 3.8) is 0 Å². The molecule has 0 unspecified atom stereocenters. The van der Waals surface area contributed by atoms with Gasteiger partial charge in [-0.2, -0.15) is 0 Å². The molecule has 0 aromatic heterocycles. The number of benzene rings is 1. The van der Waals surface area contributed by atoms with Crippen molar-refractivity contribution in [2.24, 2.45) is 0 Å². The van der Waals surface area contributed by atoms with Crippen LogP contribution >= 0.6 is 15.9 Å². The molecule has 0 radical (unpaired) electrons. The van der Waals surface area contributed by atoms with Gasteiger partial charge in [-0.05, 0) is 35.8 Å². The van der Waals surface area contributed by atoms with Gasteiger partial charge in [-0.3, -0.25) is 0 Å². The third kappa shape index (κ3) is 3.51. The number of methoxy groups -OCH3 is 1. The Kier molecular flexibility index (Phi) is 4.89. The predicted molar refractivity (Wildman–Crippen MR) is 83.5 cm³/mol. The van der Waals surface area contributed by atoms with Crippen LogP contribution in [0.2, 0.25) is 18.1 Å². The van der Waals surface area contributed by atoms with Crippen LogP contribution in [0, 0.1) is 0 Å². The molecule has 0 aliphatic carbocycles. The van der Waals surface area contributed by atoms with Gasteiger partial charge in [0.05, 0.1) is 7.11 Å². The average Bonchev–Trinajstić information content (AvgIpc) is 2.26. The monoisotopic (exact) mass is 330 g/mol. The van der Waals surface area contributed by atoms with E-state index in [-0.39, 0.29) is 5.04 Å². The lowest BCUT2D eigenvalue weighted by molar-refractivity contribution is 0.385. The first-order chi connectivity index (χ1) is 8.21. The predicted octanol–water partition coefficient (Wildman–Crippen LogP) is 4.97. The third-order valence-corrected chi connectivity index (χ3v) is 8.54. The van der Waals surface area contributed by atoms with Crippen LogP contribution in [0.15, 0.2) is 18.2 Å². The molecular weight excluding hydrogens is 308 g/mol. The van der Waals surface area contributed by atoms with E-state index in [9.17, 15) is 0 Å². The van der Waals surface area contributed by atoms with Gasteiger partial charge < -0.3 is 9.16 Å². The number of alkyl halides is 1. The fourth-order valence-corrected chi connectivity index (χ4v) is 2.68. The average molecular weight is 331 g/mol. The minimum Gasteiger partial charge on any atom is -0.541 e. The van der Waals surface area contributed by atoms with Gasteiger partial charge >= 0.3 is 0 Å². The Balaban J connectivity index is 3.09. The smallest absolute Gasteiger partial charge is 0.250 e. The number of rotatable bonds is 4. The van der Waals surface area contributed by atoms with E-state index in [0.29, 0.717) is 0 Å². The molecule has 1 aromatic carbocycles. The minimum absolute atomic E-state index is 0.183. The van der Waals surface area contributed by atoms with Gasteiger partial charge in [-0.1, -0.05) is 42.8 Å². The molecule has 18 heavy (non-hydrogen) atoms.